The molecule has 35 heavy (non-hydrogen) atoms. The SMILES string of the molecule is COC(=O)c1ccc(-c2cccc(Br)c2)c(Cl)c1.PPP(P)P.[C-]#[N+]c1ccc(S(=O)(=O)Cl)cc1. The number of nitrogens with zero attached hydrogens (tertiary/aromatic N) is 1. The highest BCUT2D eigenvalue weighted by molar-refractivity contribution is 9.10. The molecule has 3 aromatic rings. The van der Waals surface area contributed by atoms with Gasteiger partial charge in [-0.3, -0.25) is 0 Å². The monoisotopic (exact) mass is 687 g/mol. The molecule has 5 nitrogen and oxygen atoms in total. The van der Waals surface area contributed by atoms with Crippen molar-refractivity contribution in [1.82, 2.24) is 0 Å². The molecule has 0 aliphatic rings. The van der Waals surface area contributed by atoms with E-state index in [9.17, 15) is 13.2 Å². The molecule has 0 aromatic heterocycles. The molecule has 0 N–H and O–H groups in total. The lowest BCUT2D eigenvalue weighted by molar-refractivity contribution is 0.0600. The Morgan fingerprint density at radius 1 is 1.11 bits per heavy atom. The second-order valence-electron chi connectivity index (χ2n) is 6.28. The van der Waals surface area contributed by atoms with Crippen molar-refractivity contribution in [1.29, 1.82) is 0 Å². The Morgan fingerprint density at radius 2 is 1.71 bits per heavy atom. The molecule has 0 fully saturated rings. The summed E-state index contributed by atoms with van der Waals surface area (Å²) in [5, 5.41) is 0.524. The molecule has 0 aliphatic carbocycles. The van der Waals surface area contributed by atoms with Crippen molar-refractivity contribution >= 4 is 101 Å². The van der Waals surface area contributed by atoms with Crippen molar-refractivity contribution in [3.05, 3.63) is 93.2 Å². The Labute approximate surface area is 233 Å². The maximum Gasteiger partial charge on any atom is 0.337 e. The number of carbonyl (C=O) groups excluding carboxylic acids is 1. The maximum absolute atomic E-state index is 11.4. The van der Waals surface area contributed by atoms with Gasteiger partial charge < -0.3 is 4.74 Å². The van der Waals surface area contributed by atoms with Crippen LogP contribution < -0.4 is 0 Å². The van der Waals surface area contributed by atoms with Crippen LogP contribution in [-0.4, -0.2) is 21.5 Å². The summed E-state index contributed by atoms with van der Waals surface area (Å²) in [6, 6.07) is 18.4. The second-order valence-corrected chi connectivity index (χ2v) is 24.1. The van der Waals surface area contributed by atoms with E-state index in [4.69, 9.17) is 28.9 Å². The molecule has 186 valence electrons. The van der Waals surface area contributed by atoms with Crippen LogP contribution in [0.15, 0.2) is 76.1 Å². The first kappa shape index (κ1) is 32.8. The van der Waals surface area contributed by atoms with Crippen molar-refractivity contribution in [3.63, 3.8) is 0 Å². The van der Waals surface area contributed by atoms with Gasteiger partial charge in [-0.25, -0.2) is 18.1 Å². The lowest BCUT2D eigenvalue weighted by Crippen LogP contribution is -2.00. The average molecular weight is 689 g/mol. The summed E-state index contributed by atoms with van der Waals surface area (Å²) in [6.07, 6.45) is 0. The highest BCUT2D eigenvalue weighted by atomic mass is 79.9. The summed E-state index contributed by atoms with van der Waals surface area (Å²) in [6.45, 7) is 6.84. The molecule has 0 aliphatic heterocycles. The summed E-state index contributed by atoms with van der Waals surface area (Å²) >= 11 is 9.61. The van der Waals surface area contributed by atoms with E-state index in [1.165, 1.54) is 31.4 Å². The minimum absolute atomic E-state index is 0.0107. The number of ether oxygens (including phenoxy) is 1. The van der Waals surface area contributed by atoms with Crippen LogP contribution in [0, 0.1) is 6.57 Å². The van der Waals surface area contributed by atoms with E-state index in [1.54, 1.807) is 12.1 Å². The average Bonchev–Trinajstić information content (AvgIpc) is 2.83. The first-order chi connectivity index (χ1) is 16.4. The number of rotatable bonds is 4. The van der Waals surface area contributed by atoms with Gasteiger partial charge in [0.25, 0.3) is 9.05 Å². The van der Waals surface area contributed by atoms with E-state index in [2.05, 4.69) is 52.3 Å². The molecular weight excluding hydrogens is 668 g/mol. The summed E-state index contributed by atoms with van der Waals surface area (Å²) in [5.74, 6) is -0.391. The Morgan fingerprint density at radius 3 is 2.14 bits per heavy atom. The van der Waals surface area contributed by atoms with Crippen LogP contribution in [0.4, 0.5) is 5.69 Å². The predicted octanol–water partition coefficient (Wildman–Crippen LogP) is 9.15. The highest BCUT2D eigenvalue weighted by Gasteiger charge is 2.10. The third-order valence-electron chi connectivity index (χ3n) is 3.92. The van der Waals surface area contributed by atoms with Crippen LogP contribution >= 0.6 is 79.9 Å². The second kappa shape index (κ2) is 16.6. The molecule has 0 radical (unpaired) electrons. The summed E-state index contributed by atoms with van der Waals surface area (Å²) in [5.41, 5.74) is 2.71. The van der Waals surface area contributed by atoms with E-state index in [0.717, 1.165) is 23.6 Å². The normalized spacial score (nSPS) is 10.6. The zero-order chi connectivity index (χ0) is 26.6. The van der Waals surface area contributed by atoms with Crippen LogP contribution in [0.3, 0.4) is 0 Å². The number of carbonyl (C=O) groups is 1. The van der Waals surface area contributed by atoms with Crippen LogP contribution in [0.5, 0.6) is 0 Å². The zero-order valence-corrected chi connectivity index (χ0v) is 27.4. The van der Waals surface area contributed by atoms with Gasteiger partial charge in [-0.2, -0.15) is 0 Å². The highest BCUT2D eigenvalue weighted by Crippen LogP contribution is 2.71. The quantitative estimate of drug-likeness (QED) is 0.119. The number of hydrogen-bond donors (Lipinski definition) is 0. The molecular formula is C21H21BrCl2NO4P5S. The molecule has 0 saturated heterocycles. The van der Waals surface area contributed by atoms with Crippen molar-refractivity contribution in [2.45, 2.75) is 4.90 Å². The van der Waals surface area contributed by atoms with E-state index in [1.807, 2.05) is 30.3 Å². The minimum atomic E-state index is -3.66. The van der Waals surface area contributed by atoms with Gasteiger partial charge in [0.2, 0.25) is 0 Å². The largest absolute Gasteiger partial charge is 0.465 e. The summed E-state index contributed by atoms with van der Waals surface area (Å²) in [4.78, 5) is 14.5. The molecule has 0 spiro atoms. The van der Waals surface area contributed by atoms with Gasteiger partial charge in [0, 0.05) is 25.7 Å². The molecule has 3 rings (SSSR count). The molecule has 4 atom stereocenters. The smallest absolute Gasteiger partial charge is 0.337 e. The van der Waals surface area contributed by atoms with Crippen molar-refractivity contribution in [2.75, 3.05) is 7.11 Å². The Kier molecular flexibility index (Phi) is 15.5. The van der Waals surface area contributed by atoms with Crippen molar-refractivity contribution in [3.8, 4) is 11.1 Å². The Bertz CT molecular complexity index is 1290. The summed E-state index contributed by atoms with van der Waals surface area (Å²) in [7, 11) is 12.0. The molecule has 14 heteroatoms. The van der Waals surface area contributed by atoms with E-state index in [-0.39, 0.29) is 11.9 Å². The number of esters is 1. The van der Waals surface area contributed by atoms with Gasteiger partial charge in [0.15, 0.2) is 5.69 Å². The third-order valence-corrected chi connectivity index (χ3v) is 18.0. The maximum atomic E-state index is 11.4. The van der Waals surface area contributed by atoms with E-state index in [0.29, 0.717) is 16.3 Å². The molecule has 0 heterocycles. The minimum Gasteiger partial charge on any atom is -0.465 e. The molecule has 0 saturated carbocycles. The van der Waals surface area contributed by atoms with Crippen molar-refractivity contribution in [2.24, 2.45) is 0 Å². The fraction of sp³-hybridized carbons (Fsp3) is 0.0476. The molecule has 0 amide bonds. The lowest BCUT2D eigenvalue weighted by atomic mass is 10.0. The van der Waals surface area contributed by atoms with Crippen molar-refractivity contribution < 1.29 is 17.9 Å². The van der Waals surface area contributed by atoms with E-state index < -0.39 is 15.0 Å². The summed E-state index contributed by atoms with van der Waals surface area (Å²) < 4.78 is 27.1. The third kappa shape index (κ3) is 12.2. The molecule has 0 bridgehead atoms. The van der Waals surface area contributed by atoms with Crippen LogP contribution in [0.25, 0.3) is 16.0 Å². The number of benzene rings is 3. The van der Waals surface area contributed by atoms with Gasteiger partial charge >= 0.3 is 5.97 Å². The zero-order valence-electron chi connectivity index (χ0n) is 18.2. The van der Waals surface area contributed by atoms with Crippen LogP contribution in [-0.2, 0) is 13.8 Å². The fourth-order valence-electron chi connectivity index (χ4n) is 2.33. The lowest BCUT2D eigenvalue weighted by Gasteiger charge is -2.07. The predicted molar refractivity (Wildman–Crippen MR) is 166 cm³/mol. The molecule has 4 unspecified atom stereocenters. The topological polar surface area (TPSA) is 64.8 Å². The fourth-order valence-corrected chi connectivity index (χ4v) is 3.79. The Balaban J connectivity index is 0.000000310. The standard InChI is InChI=1S/C14H10BrClO2.C7H4ClNO2S.H7P5/c1-18-14(17)10-5-6-12(13(16)8-10)9-3-2-4-11(15)7-9;1-9-6-2-4-7(5-3-6)12(8,10)11;1-4-5(2)3/h2-8H,1H3;2-5H;4H,1-3H2. The van der Waals surface area contributed by atoms with Gasteiger partial charge in [-0.05, 0) is 36.8 Å². The first-order valence-corrected chi connectivity index (χ1v) is 21.0. The number of methoxy groups -OCH3 is 1. The molecule has 3 aromatic carbocycles. The first-order valence-electron chi connectivity index (χ1n) is 9.24. The van der Waals surface area contributed by atoms with Gasteiger partial charge in [0.1, 0.15) is 0 Å². The van der Waals surface area contributed by atoms with Gasteiger partial charge in [-0.1, -0.05) is 78.0 Å². The van der Waals surface area contributed by atoms with Crippen LogP contribution in [0.2, 0.25) is 5.02 Å². The van der Waals surface area contributed by atoms with Gasteiger partial charge in [0.05, 0.1) is 24.1 Å². The Hall–Kier alpha value is -0.220. The van der Waals surface area contributed by atoms with E-state index >= 15 is 0 Å². The number of hydrogen-bond acceptors (Lipinski definition) is 4. The van der Waals surface area contributed by atoms with Crippen LogP contribution in [0.1, 0.15) is 10.4 Å². The van der Waals surface area contributed by atoms with Gasteiger partial charge in [-0.15, -0.1) is 26.8 Å². The number of halogens is 3.